The Hall–Kier alpha value is -0.690. The van der Waals surface area contributed by atoms with E-state index in [1.807, 2.05) is 6.92 Å². The second kappa shape index (κ2) is 4.70. The van der Waals surface area contributed by atoms with Crippen LogP contribution in [0.5, 0.6) is 0 Å². The molecule has 0 saturated heterocycles. The summed E-state index contributed by atoms with van der Waals surface area (Å²) < 4.78 is 39.8. The van der Waals surface area contributed by atoms with Gasteiger partial charge in [-0.2, -0.15) is 17.5 Å². The van der Waals surface area contributed by atoms with Crippen LogP contribution in [0.1, 0.15) is 24.2 Å². The summed E-state index contributed by atoms with van der Waals surface area (Å²) in [4.78, 5) is 3.37. The van der Waals surface area contributed by atoms with Gasteiger partial charge in [0.1, 0.15) is 0 Å². The van der Waals surface area contributed by atoms with Crippen molar-refractivity contribution < 1.29 is 13.2 Å². The predicted octanol–water partition coefficient (Wildman–Crippen LogP) is 2.06. The number of alkyl halides is 3. The first-order chi connectivity index (χ1) is 6.54. The average Bonchev–Trinajstić information content (AvgIpc) is 2.52. The molecule has 0 unspecified atom stereocenters. The van der Waals surface area contributed by atoms with Gasteiger partial charge in [0.15, 0.2) is 5.82 Å². The van der Waals surface area contributed by atoms with Crippen LogP contribution in [-0.4, -0.2) is 15.9 Å². The molecule has 0 radical (unpaired) electrons. The van der Waals surface area contributed by atoms with E-state index in [1.54, 1.807) is 0 Å². The van der Waals surface area contributed by atoms with Crippen LogP contribution in [0.4, 0.5) is 13.2 Å². The van der Waals surface area contributed by atoms with Crippen LogP contribution >= 0.6 is 11.5 Å². The second-order valence-corrected chi connectivity index (χ2v) is 3.44. The lowest BCUT2D eigenvalue weighted by atomic mass is 10.4. The highest BCUT2D eigenvalue weighted by Crippen LogP contribution is 2.30. The van der Waals surface area contributed by atoms with E-state index in [2.05, 4.69) is 14.7 Å². The van der Waals surface area contributed by atoms with E-state index >= 15 is 0 Å². The van der Waals surface area contributed by atoms with Gasteiger partial charge in [0.25, 0.3) is 0 Å². The minimum atomic E-state index is -4.37. The van der Waals surface area contributed by atoms with E-state index < -0.39 is 11.2 Å². The van der Waals surface area contributed by atoms with Crippen molar-refractivity contribution in [1.82, 2.24) is 14.7 Å². The molecule has 1 heterocycles. The topological polar surface area (TPSA) is 37.8 Å². The highest BCUT2D eigenvalue weighted by atomic mass is 32.1. The minimum Gasteiger partial charge on any atom is -0.310 e. The summed E-state index contributed by atoms with van der Waals surface area (Å²) >= 11 is 0.388. The summed E-state index contributed by atoms with van der Waals surface area (Å²) in [7, 11) is 0. The monoisotopic (exact) mass is 225 g/mol. The molecule has 1 rings (SSSR count). The van der Waals surface area contributed by atoms with E-state index in [4.69, 9.17) is 0 Å². The first-order valence-corrected chi connectivity index (χ1v) is 4.92. The number of halogens is 3. The smallest absolute Gasteiger partial charge is 0.310 e. The van der Waals surface area contributed by atoms with Gasteiger partial charge in [-0.15, -0.1) is 0 Å². The molecule has 0 saturated carbocycles. The van der Waals surface area contributed by atoms with Crippen LogP contribution in [0.2, 0.25) is 0 Å². The van der Waals surface area contributed by atoms with Crippen molar-refractivity contribution in [2.24, 2.45) is 0 Å². The van der Waals surface area contributed by atoms with Crippen LogP contribution in [-0.2, 0) is 12.7 Å². The molecule has 7 heteroatoms. The number of aromatic nitrogens is 2. The van der Waals surface area contributed by atoms with Gasteiger partial charge in [-0.1, -0.05) is 6.92 Å². The molecule has 0 bridgehead atoms. The van der Waals surface area contributed by atoms with Crippen molar-refractivity contribution in [1.29, 1.82) is 0 Å². The molecule has 1 aromatic heterocycles. The summed E-state index contributed by atoms with van der Waals surface area (Å²) in [5, 5.41) is 2.05. The summed E-state index contributed by atoms with van der Waals surface area (Å²) in [6.45, 7) is 3.02. The lowest BCUT2D eigenvalue weighted by molar-refractivity contribution is -0.137. The number of nitrogens with zero attached hydrogens (tertiary/aromatic N) is 2. The number of hydrogen-bond acceptors (Lipinski definition) is 4. The Kier molecular flexibility index (Phi) is 3.82. The number of nitrogens with one attached hydrogen (secondary N) is 1. The third-order valence-corrected chi connectivity index (χ3v) is 2.22. The van der Waals surface area contributed by atoms with E-state index in [0.717, 1.165) is 13.0 Å². The Bertz CT molecular complexity index is 284. The van der Waals surface area contributed by atoms with Crippen molar-refractivity contribution in [3.8, 4) is 0 Å². The molecule has 0 aliphatic carbocycles. The fraction of sp³-hybridized carbons (Fsp3) is 0.714. The van der Waals surface area contributed by atoms with Crippen molar-refractivity contribution in [2.75, 3.05) is 6.54 Å². The van der Waals surface area contributed by atoms with Crippen molar-refractivity contribution in [3.05, 3.63) is 10.8 Å². The molecule has 0 aromatic carbocycles. The van der Waals surface area contributed by atoms with Gasteiger partial charge < -0.3 is 5.32 Å². The zero-order chi connectivity index (χ0) is 10.6. The molecule has 80 valence electrons. The predicted molar refractivity (Wildman–Crippen MR) is 46.9 cm³/mol. The zero-order valence-corrected chi connectivity index (χ0v) is 8.37. The molecule has 0 fully saturated rings. The maximum absolute atomic E-state index is 12.1. The summed E-state index contributed by atoms with van der Waals surface area (Å²) in [6, 6.07) is 0. The van der Waals surface area contributed by atoms with E-state index in [9.17, 15) is 13.2 Å². The summed E-state index contributed by atoms with van der Waals surface area (Å²) in [5.74, 6) is 0.204. The molecular weight excluding hydrogens is 215 g/mol. The van der Waals surface area contributed by atoms with E-state index in [-0.39, 0.29) is 5.82 Å². The molecule has 14 heavy (non-hydrogen) atoms. The standard InChI is InChI=1S/C7H10F3N3S/c1-2-3-11-4-5-12-6(14-13-5)7(8,9)10/h11H,2-4H2,1H3. The summed E-state index contributed by atoms with van der Waals surface area (Å²) in [5.41, 5.74) is 0. The Morgan fingerprint density at radius 3 is 2.64 bits per heavy atom. The van der Waals surface area contributed by atoms with Crippen LogP contribution in [0, 0.1) is 0 Å². The SMILES string of the molecule is CCCNCc1nsc(C(F)(F)F)n1. The Balaban J connectivity index is 2.51. The highest BCUT2D eigenvalue weighted by molar-refractivity contribution is 7.05. The lowest BCUT2D eigenvalue weighted by Crippen LogP contribution is -2.15. The molecule has 0 aliphatic heterocycles. The van der Waals surface area contributed by atoms with Crippen molar-refractivity contribution in [2.45, 2.75) is 26.1 Å². The third kappa shape index (κ3) is 3.22. The molecule has 1 N–H and O–H groups in total. The average molecular weight is 225 g/mol. The van der Waals surface area contributed by atoms with Gasteiger partial charge in [0.2, 0.25) is 5.01 Å². The van der Waals surface area contributed by atoms with Gasteiger partial charge in [0.05, 0.1) is 6.54 Å². The molecule has 0 aliphatic rings. The van der Waals surface area contributed by atoms with Gasteiger partial charge in [-0.25, -0.2) is 4.98 Å². The Morgan fingerprint density at radius 2 is 2.14 bits per heavy atom. The van der Waals surface area contributed by atoms with Gasteiger partial charge >= 0.3 is 6.18 Å². The quantitative estimate of drug-likeness (QED) is 0.797. The molecule has 0 spiro atoms. The van der Waals surface area contributed by atoms with Crippen LogP contribution < -0.4 is 5.32 Å². The van der Waals surface area contributed by atoms with Crippen molar-refractivity contribution in [3.63, 3.8) is 0 Å². The molecule has 1 aromatic rings. The third-order valence-electron chi connectivity index (χ3n) is 1.42. The summed E-state index contributed by atoms with van der Waals surface area (Å²) in [6.07, 6.45) is -3.45. The van der Waals surface area contributed by atoms with Crippen LogP contribution in [0.3, 0.4) is 0 Å². The second-order valence-electron chi connectivity index (χ2n) is 2.69. The highest BCUT2D eigenvalue weighted by Gasteiger charge is 2.35. The Labute approximate surface area is 83.5 Å². The zero-order valence-electron chi connectivity index (χ0n) is 7.56. The van der Waals surface area contributed by atoms with Gasteiger partial charge in [-0.3, -0.25) is 0 Å². The van der Waals surface area contributed by atoms with Crippen LogP contribution in [0.15, 0.2) is 0 Å². The molecule has 0 amide bonds. The first-order valence-electron chi connectivity index (χ1n) is 4.14. The fourth-order valence-electron chi connectivity index (χ4n) is 0.818. The normalized spacial score (nSPS) is 12.0. The maximum atomic E-state index is 12.1. The fourth-order valence-corrected chi connectivity index (χ4v) is 1.36. The van der Waals surface area contributed by atoms with Crippen LogP contribution in [0.25, 0.3) is 0 Å². The minimum absolute atomic E-state index is 0.204. The van der Waals surface area contributed by atoms with E-state index in [1.165, 1.54) is 0 Å². The van der Waals surface area contributed by atoms with E-state index in [0.29, 0.717) is 18.1 Å². The Morgan fingerprint density at radius 1 is 1.43 bits per heavy atom. The van der Waals surface area contributed by atoms with Gasteiger partial charge in [-0.05, 0) is 24.5 Å². The molecule has 0 atom stereocenters. The van der Waals surface area contributed by atoms with Crippen molar-refractivity contribution >= 4 is 11.5 Å². The first kappa shape index (κ1) is 11.4. The largest absolute Gasteiger partial charge is 0.444 e. The molecular formula is C7H10F3N3S. The molecule has 3 nitrogen and oxygen atoms in total. The van der Waals surface area contributed by atoms with Gasteiger partial charge in [0, 0.05) is 0 Å². The number of hydrogen-bond donors (Lipinski definition) is 1. The lowest BCUT2D eigenvalue weighted by Gasteiger charge is -1.99. The maximum Gasteiger partial charge on any atom is 0.444 e. The number of rotatable bonds is 4.